The summed E-state index contributed by atoms with van der Waals surface area (Å²) in [6, 6.07) is 2.92. The fourth-order valence-electron chi connectivity index (χ4n) is 1.46. The Morgan fingerprint density at radius 2 is 2.06 bits per heavy atom. The third-order valence-electron chi connectivity index (χ3n) is 2.22. The molecule has 0 amide bonds. The molecule has 1 aromatic heterocycles. The van der Waals surface area contributed by atoms with Crippen LogP contribution in [0.5, 0.6) is 0 Å². The van der Waals surface area contributed by atoms with Gasteiger partial charge in [-0.1, -0.05) is 0 Å². The second kappa shape index (κ2) is 3.76. The minimum absolute atomic E-state index is 0.0187. The summed E-state index contributed by atoms with van der Waals surface area (Å²) in [6.07, 6.45) is -3.49. The van der Waals surface area contributed by atoms with E-state index < -0.39 is 17.3 Å². The Labute approximate surface area is 93.2 Å². The van der Waals surface area contributed by atoms with Crippen LogP contribution in [0.2, 0.25) is 0 Å². The van der Waals surface area contributed by atoms with Gasteiger partial charge in [0.25, 0.3) is 0 Å². The predicted molar refractivity (Wildman–Crippen MR) is 53.5 cm³/mol. The van der Waals surface area contributed by atoms with Crippen molar-refractivity contribution >= 4 is 11.0 Å². The van der Waals surface area contributed by atoms with Crippen LogP contribution in [0.4, 0.5) is 13.2 Å². The number of hydrogen-bond donors (Lipinski definition) is 0. The van der Waals surface area contributed by atoms with Crippen LogP contribution < -0.4 is 10.4 Å². The Balaban J connectivity index is 2.79. The highest BCUT2D eigenvalue weighted by Gasteiger charge is 2.30. The first-order chi connectivity index (χ1) is 7.93. The van der Waals surface area contributed by atoms with Gasteiger partial charge in [-0.15, -0.1) is 4.73 Å². The zero-order valence-electron chi connectivity index (χ0n) is 8.65. The lowest BCUT2D eigenvalue weighted by atomic mass is 10.2. The summed E-state index contributed by atoms with van der Waals surface area (Å²) in [7, 11) is 1.20. The Bertz CT molecular complexity index is 619. The van der Waals surface area contributed by atoms with Crippen molar-refractivity contribution in [3.8, 4) is 0 Å². The lowest BCUT2D eigenvalue weighted by molar-refractivity contribution is -0.137. The Morgan fingerprint density at radius 1 is 1.35 bits per heavy atom. The fourth-order valence-corrected chi connectivity index (χ4v) is 1.46. The number of halogens is 3. The van der Waals surface area contributed by atoms with Gasteiger partial charge in [0.1, 0.15) is 12.6 Å². The molecule has 7 heteroatoms. The van der Waals surface area contributed by atoms with Crippen molar-refractivity contribution in [2.24, 2.45) is 0 Å². The summed E-state index contributed by atoms with van der Waals surface area (Å²) in [4.78, 5) is 19.8. The van der Waals surface area contributed by atoms with Crippen molar-refractivity contribution in [1.82, 2.24) is 9.71 Å². The van der Waals surface area contributed by atoms with Gasteiger partial charge >= 0.3 is 11.7 Å². The van der Waals surface area contributed by atoms with Gasteiger partial charge in [-0.25, -0.2) is 4.98 Å². The number of rotatable bonds is 1. The molecule has 0 radical (unpaired) electrons. The van der Waals surface area contributed by atoms with Crippen LogP contribution >= 0.6 is 0 Å². The lowest BCUT2D eigenvalue weighted by Gasteiger charge is -2.10. The molecular weight excluding hydrogens is 237 g/mol. The molecule has 0 aliphatic carbocycles. The number of fused-ring (bicyclic) bond motifs is 1. The van der Waals surface area contributed by atoms with Gasteiger partial charge in [0.2, 0.25) is 0 Å². The van der Waals surface area contributed by atoms with E-state index in [1.165, 1.54) is 13.2 Å². The average Bonchev–Trinajstić information content (AvgIpc) is 2.27. The first kappa shape index (κ1) is 11.4. The van der Waals surface area contributed by atoms with E-state index in [1.54, 1.807) is 0 Å². The SMILES string of the molecule is COn1c(=O)cnc2ccc(C(F)(F)F)cc21. The van der Waals surface area contributed by atoms with E-state index in [1.807, 2.05) is 0 Å². The second-order valence-electron chi connectivity index (χ2n) is 3.27. The van der Waals surface area contributed by atoms with Crippen molar-refractivity contribution in [3.63, 3.8) is 0 Å². The van der Waals surface area contributed by atoms with Gasteiger partial charge in [-0.2, -0.15) is 13.2 Å². The smallest absolute Gasteiger partial charge is 0.413 e. The third kappa shape index (κ3) is 1.95. The molecule has 4 nitrogen and oxygen atoms in total. The highest BCUT2D eigenvalue weighted by Crippen LogP contribution is 2.30. The van der Waals surface area contributed by atoms with Crippen LogP contribution in [-0.2, 0) is 6.18 Å². The van der Waals surface area contributed by atoms with Crippen molar-refractivity contribution in [1.29, 1.82) is 0 Å². The lowest BCUT2D eigenvalue weighted by Crippen LogP contribution is -2.25. The maximum Gasteiger partial charge on any atom is 0.416 e. The predicted octanol–water partition coefficient (Wildman–Crippen LogP) is 1.47. The molecule has 17 heavy (non-hydrogen) atoms. The Kier molecular flexibility index (Phi) is 2.53. The van der Waals surface area contributed by atoms with E-state index in [2.05, 4.69) is 4.98 Å². The molecule has 0 bridgehead atoms. The highest BCUT2D eigenvalue weighted by molar-refractivity contribution is 5.75. The molecule has 1 aromatic carbocycles. The highest BCUT2D eigenvalue weighted by atomic mass is 19.4. The average molecular weight is 244 g/mol. The normalized spacial score (nSPS) is 11.8. The van der Waals surface area contributed by atoms with E-state index in [-0.39, 0.29) is 11.0 Å². The first-order valence-electron chi connectivity index (χ1n) is 4.57. The second-order valence-corrected chi connectivity index (χ2v) is 3.27. The van der Waals surface area contributed by atoms with E-state index in [0.717, 1.165) is 23.1 Å². The van der Waals surface area contributed by atoms with Gasteiger partial charge in [-0.05, 0) is 18.2 Å². The molecule has 2 rings (SSSR count). The summed E-state index contributed by atoms with van der Waals surface area (Å²) in [5.41, 5.74) is -1.25. The fraction of sp³-hybridized carbons (Fsp3) is 0.200. The molecule has 90 valence electrons. The minimum Gasteiger partial charge on any atom is -0.413 e. The molecule has 0 saturated carbocycles. The van der Waals surface area contributed by atoms with Crippen LogP contribution in [-0.4, -0.2) is 16.8 Å². The third-order valence-corrected chi connectivity index (χ3v) is 2.22. The maximum atomic E-state index is 12.5. The van der Waals surface area contributed by atoms with Gasteiger partial charge in [0.15, 0.2) is 0 Å². The standard InChI is InChI=1S/C10H7F3N2O2/c1-17-15-8-4-6(10(11,12)13)2-3-7(8)14-5-9(15)16/h2-5H,1H3. The molecule has 0 spiro atoms. The summed E-state index contributed by atoms with van der Waals surface area (Å²) >= 11 is 0. The van der Waals surface area contributed by atoms with Crippen LogP contribution in [0.3, 0.4) is 0 Å². The molecule has 2 aromatic rings. The van der Waals surface area contributed by atoms with Crippen LogP contribution in [0.15, 0.2) is 29.2 Å². The number of alkyl halides is 3. The molecule has 0 atom stereocenters. The van der Waals surface area contributed by atoms with Crippen LogP contribution in [0.25, 0.3) is 11.0 Å². The van der Waals surface area contributed by atoms with Crippen molar-refractivity contribution < 1.29 is 18.0 Å². The monoisotopic (exact) mass is 244 g/mol. The van der Waals surface area contributed by atoms with E-state index in [0.29, 0.717) is 0 Å². The van der Waals surface area contributed by atoms with Crippen molar-refractivity contribution in [2.45, 2.75) is 6.18 Å². The quantitative estimate of drug-likeness (QED) is 0.763. The van der Waals surface area contributed by atoms with Gasteiger partial charge in [0.05, 0.1) is 17.3 Å². The van der Waals surface area contributed by atoms with Crippen LogP contribution in [0, 0.1) is 0 Å². The largest absolute Gasteiger partial charge is 0.416 e. The zero-order chi connectivity index (χ0) is 12.6. The number of nitrogens with zero attached hydrogens (tertiary/aromatic N) is 2. The van der Waals surface area contributed by atoms with E-state index in [9.17, 15) is 18.0 Å². The first-order valence-corrected chi connectivity index (χ1v) is 4.57. The van der Waals surface area contributed by atoms with Crippen molar-refractivity contribution in [2.75, 3.05) is 7.11 Å². The van der Waals surface area contributed by atoms with Crippen molar-refractivity contribution in [3.05, 3.63) is 40.3 Å². The summed E-state index contributed by atoms with van der Waals surface area (Å²) in [5.74, 6) is 0. The molecular formula is C10H7F3N2O2. The van der Waals surface area contributed by atoms with Gasteiger partial charge in [0, 0.05) is 0 Å². The van der Waals surface area contributed by atoms with Gasteiger partial charge in [-0.3, -0.25) is 4.79 Å². The summed E-state index contributed by atoms with van der Waals surface area (Å²) < 4.78 is 38.3. The molecule has 0 unspecified atom stereocenters. The zero-order valence-corrected chi connectivity index (χ0v) is 8.65. The summed E-state index contributed by atoms with van der Waals surface area (Å²) in [6.45, 7) is 0. The van der Waals surface area contributed by atoms with E-state index in [4.69, 9.17) is 4.84 Å². The van der Waals surface area contributed by atoms with Crippen LogP contribution in [0.1, 0.15) is 5.56 Å². The molecule has 0 fully saturated rings. The topological polar surface area (TPSA) is 44.1 Å². The molecule has 0 saturated heterocycles. The summed E-state index contributed by atoms with van der Waals surface area (Å²) in [5, 5.41) is 0. The maximum absolute atomic E-state index is 12.5. The number of hydrogen-bond acceptors (Lipinski definition) is 3. The molecule has 0 N–H and O–H groups in total. The molecule has 0 aliphatic heterocycles. The number of aromatic nitrogens is 2. The van der Waals surface area contributed by atoms with E-state index >= 15 is 0 Å². The molecule has 0 aliphatic rings. The van der Waals surface area contributed by atoms with Gasteiger partial charge < -0.3 is 4.84 Å². The minimum atomic E-state index is -4.47. The molecule has 1 heterocycles. The Hall–Kier alpha value is -2.05. The number of benzene rings is 1. The Morgan fingerprint density at radius 3 is 2.65 bits per heavy atom.